The summed E-state index contributed by atoms with van der Waals surface area (Å²) in [5, 5.41) is 9.43. The first kappa shape index (κ1) is 21.8. The molecule has 0 unspecified atom stereocenters. The van der Waals surface area contributed by atoms with Crippen molar-refractivity contribution in [2.24, 2.45) is 0 Å². The summed E-state index contributed by atoms with van der Waals surface area (Å²) in [5.74, 6) is -1.49. The number of ether oxygens (including phenoxy) is 1. The number of nitrogens with zero attached hydrogens (tertiary/aromatic N) is 1. The Morgan fingerprint density at radius 1 is 1.33 bits per heavy atom. The second kappa shape index (κ2) is 8.86. The quantitative estimate of drug-likeness (QED) is 0.518. The normalized spacial score (nSPS) is 10.8. The van der Waals surface area contributed by atoms with E-state index in [4.69, 9.17) is 33.2 Å². The SMILES string of the molecule is CCOC(=O)c1c(C)[nH]c2c(F)c(-c3cccc(Cl)c3Cl)c(CCC#N)cc2c1=O. The van der Waals surface area contributed by atoms with Crippen LogP contribution in [-0.4, -0.2) is 17.6 Å². The summed E-state index contributed by atoms with van der Waals surface area (Å²) in [4.78, 5) is 28.1. The van der Waals surface area contributed by atoms with Gasteiger partial charge in [-0.2, -0.15) is 5.26 Å². The molecular weight excluding hydrogens is 430 g/mol. The smallest absolute Gasteiger partial charge is 0.343 e. The molecule has 3 aromatic rings. The number of rotatable bonds is 5. The van der Waals surface area contributed by atoms with E-state index in [0.29, 0.717) is 11.1 Å². The van der Waals surface area contributed by atoms with Gasteiger partial charge in [0.05, 0.1) is 28.2 Å². The number of hydrogen-bond donors (Lipinski definition) is 1. The lowest BCUT2D eigenvalue weighted by Gasteiger charge is -2.16. The van der Waals surface area contributed by atoms with E-state index in [0.717, 1.165) is 0 Å². The predicted octanol–water partition coefficient (Wildman–Crippen LogP) is 5.58. The monoisotopic (exact) mass is 446 g/mol. The maximum absolute atomic E-state index is 15.7. The van der Waals surface area contributed by atoms with Crippen molar-refractivity contribution in [3.8, 4) is 17.2 Å². The van der Waals surface area contributed by atoms with Crippen LogP contribution >= 0.6 is 23.2 Å². The minimum atomic E-state index is -0.779. The van der Waals surface area contributed by atoms with Crippen molar-refractivity contribution in [3.05, 3.63) is 67.2 Å². The molecule has 1 aromatic heterocycles. The molecule has 154 valence electrons. The maximum atomic E-state index is 15.7. The molecule has 0 aliphatic carbocycles. The average molecular weight is 447 g/mol. The van der Waals surface area contributed by atoms with Gasteiger partial charge in [0.1, 0.15) is 5.56 Å². The number of halogens is 3. The third-order valence-corrected chi connectivity index (χ3v) is 5.53. The highest BCUT2D eigenvalue weighted by Crippen LogP contribution is 2.39. The summed E-state index contributed by atoms with van der Waals surface area (Å²) in [6.07, 6.45) is 0.286. The van der Waals surface area contributed by atoms with Crippen LogP contribution in [0.2, 0.25) is 10.0 Å². The Balaban J connectivity index is 2.41. The van der Waals surface area contributed by atoms with Crippen LogP contribution in [0.15, 0.2) is 29.1 Å². The van der Waals surface area contributed by atoms with Gasteiger partial charge < -0.3 is 9.72 Å². The van der Waals surface area contributed by atoms with Gasteiger partial charge in [-0.05, 0) is 38.0 Å². The molecular formula is C22H17Cl2FN2O3. The van der Waals surface area contributed by atoms with E-state index in [1.165, 1.54) is 13.0 Å². The lowest BCUT2D eigenvalue weighted by molar-refractivity contribution is 0.0523. The van der Waals surface area contributed by atoms with E-state index in [1.807, 2.05) is 6.07 Å². The van der Waals surface area contributed by atoms with Gasteiger partial charge in [-0.1, -0.05) is 35.3 Å². The minimum Gasteiger partial charge on any atom is -0.462 e. The maximum Gasteiger partial charge on any atom is 0.343 e. The van der Waals surface area contributed by atoms with Crippen LogP contribution < -0.4 is 5.43 Å². The first-order valence-corrected chi connectivity index (χ1v) is 9.93. The second-order valence-corrected chi connectivity index (χ2v) is 7.37. The van der Waals surface area contributed by atoms with E-state index in [1.54, 1.807) is 25.1 Å². The first-order valence-electron chi connectivity index (χ1n) is 9.18. The molecule has 8 heteroatoms. The fourth-order valence-corrected chi connectivity index (χ4v) is 3.78. The summed E-state index contributed by atoms with van der Waals surface area (Å²) >= 11 is 12.4. The highest BCUT2D eigenvalue weighted by atomic mass is 35.5. The lowest BCUT2D eigenvalue weighted by atomic mass is 9.93. The zero-order chi connectivity index (χ0) is 22.0. The van der Waals surface area contributed by atoms with Crippen molar-refractivity contribution in [1.82, 2.24) is 4.98 Å². The Labute approximate surface area is 182 Å². The van der Waals surface area contributed by atoms with Gasteiger partial charge in [-0.3, -0.25) is 4.79 Å². The molecule has 0 spiro atoms. The van der Waals surface area contributed by atoms with Crippen LogP contribution in [0.25, 0.3) is 22.0 Å². The van der Waals surface area contributed by atoms with E-state index in [9.17, 15) is 9.59 Å². The third-order valence-electron chi connectivity index (χ3n) is 4.71. The van der Waals surface area contributed by atoms with Crippen LogP contribution in [0.5, 0.6) is 0 Å². The van der Waals surface area contributed by atoms with Gasteiger partial charge in [0.2, 0.25) is 5.43 Å². The highest BCUT2D eigenvalue weighted by Gasteiger charge is 2.24. The molecule has 0 radical (unpaired) electrons. The van der Waals surface area contributed by atoms with Crippen LogP contribution in [0, 0.1) is 24.1 Å². The molecule has 0 saturated carbocycles. The number of H-pyrrole nitrogens is 1. The van der Waals surface area contributed by atoms with Crippen molar-refractivity contribution in [3.63, 3.8) is 0 Å². The number of nitriles is 1. The Kier molecular flexibility index (Phi) is 6.45. The zero-order valence-electron chi connectivity index (χ0n) is 16.2. The van der Waals surface area contributed by atoms with Gasteiger partial charge >= 0.3 is 5.97 Å². The van der Waals surface area contributed by atoms with Crippen molar-refractivity contribution in [2.45, 2.75) is 26.7 Å². The molecule has 0 aliphatic heterocycles. The number of carbonyl (C=O) groups excluding carboxylic acids is 1. The van der Waals surface area contributed by atoms with Gasteiger partial charge in [0, 0.05) is 28.6 Å². The van der Waals surface area contributed by atoms with Crippen LogP contribution in [0.4, 0.5) is 4.39 Å². The van der Waals surface area contributed by atoms with Gasteiger partial charge in [0.25, 0.3) is 0 Å². The van der Waals surface area contributed by atoms with Crippen molar-refractivity contribution in [2.75, 3.05) is 6.61 Å². The number of aromatic amines is 1. The number of fused-ring (bicyclic) bond motifs is 1. The van der Waals surface area contributed by atoms with Crippen LogP contribution in [-0.2, 0) is 11.2 Å². The number of nitrogens with one attached hydrogen (secondary N) is 1. The van der Waals surface area contributed by atoms with Crippen molar-refractivity contribution in [1.29, 1.82) is 5.26 Å². The molecule has 0 fully saturated rings. The van der Waals surface area contributed by atoms with Crippen molar-refractivity contribution >= 4 is 40.1 Å². The van der Waals surface area contributed by atoms with E-state index in [2.05, 4.69) is 4.98 Å². The number of esters is 1. The predicted molar refractivity (Wildman–Crippen MR) is 115 cm³/mol. The number of aromatic nitrogens is 1. The molecule has 2 aromatic carbocycles. The first-order chi connectivity index (χ1) is 14.3. The number of carbonyl (C=O) groups is 1. The van der Waals surface area contributed by atoms with Crippen LogP contribution in [0.1, 0.15) is 35.0 Å². The zero-order valence-corrected chi connectivity index (χ0v) is 17.7. The topological polar surface area (TPSA) is 82.9 Å². The van der Waals surface area contributed by atoms with Gasteiger partial charge in [-0.15, -0.1) is 0 Å². The summed E-state index contributed by atoms with van der Waals surface area (Å²) in [5.41, 5.74) is 0.239. The summed E-state index contributed by atoms with van der Waals surface area (Å²) in [6, 6.07) is 8.34. The summed E-state index contributed by atoms with van der Waals surface area (Å²) in [6.45, 7) is 3.23. The standard InChI is InChI=1S/C22H17Cl2FN2O3/c1-3-30-22(29)16-11(2)27-20-14(21(16)28)10-12(6-5-9-26)17(19(20)25)13-7-4-8-15(23)18(13)24/h4,7-8,10H,3,5-6H2,1-2H3,(H,27,28). The Bertz CT molecular complexity index is 1260. The lowest BCUT2D eigenvalue weighted by Crippen LogP contribution is -2.21. The Morgan fingerprint density at radius 3 is 2.73 bits per heavy atom. The number of benzene rings is 2. The molecule has 3 rings (SSSR count). The Morgan fingerprint density at radius 2 is 2.07 bits per heavy atom. The van der Waals surface area contributed by atoms with Gasteiger partial charge in [0.15, 0.2) is 5.82 Å². The molecule has 0 atom stereocenters. The number of pyridine rings is 1. The van der Waals surface area contributed by atoms with E-state index >= 15 is 4.39 Å². The molecule has 0 bridgehead atoms. The van der Waals surface area contributed by atoms with E-state index < -0.39 is 17.2 Å². The molecule has 0 aliphatic rings. The number of aryl methyl sites for hydroxylation is 2. The summed E-state index contributed by atoms with van der Waals surface area (Å²) in [7, 11) is 0. The van der Waals surface area contributed by atoms with Gasteiger partial charge in [-0.25, -0.2) is 9.18 Å². The molecule has 1 heterocycles. The van der Waals surface area contributed by atoms with Crippen molar-refractivity contribution < 1.29 is 13.9 Å². The fourth-order valence-electron chi connectivity index (χ4n) is 3.38. The minimum absolute atomic E-state index is 0.00371. The second-order valence-electron chi connectivity index (χ2n) is 6.58. The largest absolute Gasteiger partial charge is 0.462 e. The molecule has 1 N–H and O–H groups in total. The Hall–Kier alpha value is -2.88. The number of hydrogen-bond acceptors (Lipinski definition) is 4. The molecule has 0 amide bonds. The molecule has 0 saturated heterocycles. The highest BCUT2D eigenvalue weighted by molar-refractivity contribution is 6.43. The van der Waals surface area contributed by atoms with Crippen LogP contribution in [0.3, 0.4) is 0 Å². The average Bonchev–Trinajstić information content (AvgIpc) is 2.70. The van der Waals surface area contributed by atoms with E-state index in [-0.39, 0.29) is 57.2 Å². The fraction of sp³-hybridized carbons (Fsp3) is 0.227. The summed E-state index contributed by atoms with van der Waals surface area (Å²) < 4.78 is 20.7. The third kappa shape index (κ3) is 3.79. The molecule has 5 nitrogen and oxygen atoms in total. The molecule has 30 heavy (non-hydrogen) atoms.